The third kappa shape index (κ3) is 3.37. The van der Waals surface area contributed by atoms with Crippen molar-refractivity contribution in [3.8, 4) is 0 Å². The van der Waals surface area contributed by atoms with E-state index < -0.39 is 19.4 Å². The molecule has 1 unspecified atom stereocenters. The fourth-order valence-corrected chi connectivity index (χ4v) is 1.07. The zero-order valence-electron chi connectivity index (χ0n) is 7.62. The quantitative estimate of drug-likeness (QED) is 0.764. The van der Waals surface area contributed by atoms with Gasteiger partial charge in [0.15, 0.2) is 0 Å². The average molecular weight is 204 g/mol. The van der Waals surface area contributed by atoms with Crippen LogP contribution in [0.15, 0.2) is 18.3 Å². The van der Waals surface area contributed by atoms with Crippen LogP contribution < -0.4 is 0 Å². The molecule has 0 saturated carbocycles. The Hall–Kier alpha value is -1.04. The second-order valence-electron chi connectivity index (χ2n) is 3.18. The highest BCUT2D eigenvalue weighted by Crippen LogP contribution is 2.16. The van der Waals surface area contributed by atoms with Crippen LogP contribution in [0.3, 0.4) is 0 Å². The molecule has 0 aromatic carbocycles. The third-order valence-corrected chi connectivity index (χ3v) is 1.74. The summed E-state index contributed by atoms with van der Waals surface area (Å²) >= 11 is 0. The molecule has 1 heterocycles. The Morgan fingerprint density at radius 3 is 2.43 bits per heavy atom. The predicted octanol–water partition coefficient (Wildman–Crippen LogP) is 2.06. The van der Waals surface area contributed by atoms with Crippen LogP contribution >= 0.6 is 0 Å². The first-order valence-electron chi connectivity index (χ1n) is 4.22. The molecule has 6 heteroatoms. The predicted molar refractivity (Wildman–Crippen MR) is 47.7 cm³/mol. The summed E-state index contributed by atoms with van der Waals surface area (Å²) in [4.78, 5) is 3.72. The zero-order valence-corrected chi connectivity index (χ0v) is 7.62. The highest BCUT2D eigenvalue weighted by molar-refractivity contribution is 6.57. The lowest BCUT2D eigenvalue weighted by molar-refractivity contribution is 0.194. The van der Waals surface area contributed by atoms with Crippen LogP contribution in [-0.4, -0.2) is 17.1 Å². The summed E-state index contributed by atoms with van der Waals surface area (Å²) in [5.74, 6) is 0. The number of rotatable bonds is 3. The van der Waals surface area contributed by atoms with Gasteiger partial charge in [0.25, 0.3) is 0 Å². The van der Waals surface area contributed by atoms with Crippen LogP contribution in [0.2, 0.25) is 0 Å². The lowest BCUT2D eigenvalue weighted by Gasteiger charge is -2.13. The van der Waals surface area contributed by atoms with Crippen molar-refractivity contribution in [2.45, 2.75) is 19.3 Å². The topological polar surface area (TPSA) is 33.1 Å². The SMILES string of the molecule is CC(O)c1ccc(C[B-](F)(F)F)cn1. The minimum Gasteiger partial charge on any atom is -0.449 e. The van der Waals surface area contributed by atoms with E-state index in [0.717, 1.165) is 6.20 Å². The van der Waals surface area contributed by atoms with Crippen LogP contribution in [0.25, 0.3) is 0 Å². The molecule has 1 atom stereocenters. The molecular formula is C8H10BF3NO-. The van der Waals surface area contributed by atoms with Gasteiger partial charge in [0.05, 0.1) is 11.8 Å². The fourth-order valence-electron chi connectivity index (χ4n) is 1.07. The van der Waals surface area contributed by atoms with Gasteiger partial charge in [-0.05, 0) is 13.0 Å². The summed E-state index contributed by atoms with van der Waals surface area (Å²) in [6.45, 7) is -3.30. The summed E-state index contributed by atoms with van der Waals surface area (Å²) in [5, 5.41) is 9.07. The van der Waals surface area contributed by atoms with Gasteiger partial charge in [-0.3, -0.25) is 4.98 Å². The van der Waals surface area contributed by atoms with Crippen LogP contribution in [0.5, 0.6) is 0 Å². The van der Waals surface area contributed by atoms with Crippen molar-refractivity contribution in [3.63, 3.8) is 0 Å². The lowest BCUT2D eigenvalue weighted by atomic mass is 9.82. The number of hydrogen-bond acceptors (Lipinski definition) is 2. The van der Waals surface area contributed by atoms with Crippen LogP contribution in [-0.2, 0) is 6.32 Å². The van der Waals surface area contributed by atoms with Gasteiger partial charge in [-0.15, -0.1) is 0 Å². The van der Waals surface area contributed by atoms with E-state index >= 15 is 0 Å². The molecule has 1 aromatic rings. The monoisotopic (exact) mass is 204 g/mol. The average Bonchev–Trinajstić information content (AvgIpc) is 2.02. The normalized spacial score (nSPS) is 14.1. The number of halogens is 3. The standard InChI is InChI=1S/C8H10BF3NO/c1-6(14)8-3-2-7(5-13-8)4-9(10,11)12/h2-3,5-6,14H,4H2,1H3/q-1. The maximum atomic E-state index is 12.0. The number of aliphatic hydroxyl groups excluding tert-OH is 1. The maximum absolute atomic E-state index is 12.0. The molecule has 0 aliphatic heterocycles. The van der Waals surface area contributed by atoms with Gasteiger partial charge >= 0.3 is 6.98 Å². The molecule has 0 amide bonds. The molecule has 1 aromatic heterocycles. The van der Waals surface area contributed by atoms with Crippen molar-refractivity contribution in [1.82, 2.24) is 4.98 Å². The lowest BCUT2D eigenvalue weighted by Crippen LogP contribution is -2.19. The molecule has 0 aliphatic carbocycles. The Kier molecular flexibility index (Phi) is 3.15. The smallest absolute Gasteiger partial charge is 0.449 e. The summed E-state index contributed by atoms with van der Waals surface area (Å²) in [5.41, 5.74) is 0.505. The Morgan fingerprint density at radius 2 is 2.07 bits per heavy atom. The van der Waals surface area contributed by atoms with Crippen molar-refractivity contribution in [2.24, 2.45) is 0 Å². The molecule has 1 rings (SSSR count). The van der Waals surface area contributed by atoms with Crippen LogP contribution in [0, 0.1) is 0 Å². The summed E-state index contributed by atoms with van der Waals surface area (Å²) < 4.78 is 36.0. The molecule has 0 bridgehead atoms. The number of nitrogens with zero attached hydrogens (tertiary/aromatic N) is 1. The van der Waals surface area contributed by atoms with Gasteiger partial charge in [-0.2, -0.15) is 0 Å². The summed E-state index contributed by atoms with van der Waals surface area (Å²) in [7, 11) is 0. The fraction of sp³-hybridized carbons (Fsp3) is 0.375. The van der Waals surface area contributed by atoms with Crippen LogP contribution in [0.1, 0.15) is 24.3 Å². The molecule has 14 heavy (non-hydrogen) atoms. The molecule has 0 saturated heterocycles. The van der Waals surface area contributed by atoms with E-state index in [9.17, 15) is 12.9 Å². The number of aliphatic hydroxyl groups is 1. The minimum atomic E-state index is -4.81. The Morgan fingerprint density at radius 1 is 1.43 bits per heavy atom. The van der Waals surface area contributed by atoms with Gasteiger partial charge in [-0.25, -0.2) is 0 Å². The van der Waals surface area contributed by atoms with Crippen molar-refractivity contribution in [3.05, 3.63) is 29.6 Å². The Labute approximate surface area is 79.8 Å². The summed E-state index contributed by atoms with van der Waals surface area (Å²) in [6.07, 6.45) is -0.523. The number of aromatic nitrogens is 1. The molecule has 1 N–H and O–H groups in total. The van der Waals surface area contributed by atoms with E-state index in [2.05, 4.69) is 4.98 Å². The first-order valence-corrected chi connectivity index (χ1v) is 4.22. The molecule has 0 spiro atoms. The molecule has 2 nitrogen and oxygen atoms in total. The largest absolute Gasteiger partial charge is 0.482 e. The molecule has 0 aliphatic rings. The second kappa shape index (κ2) is 4.00. The van der Waals surface area contributed by atoms with Gasteiger partial charge in [0.2, 0.25) is 0 Å². The van der Waals surface area contributed by atoms with E-state index in [-0.39, 0.29) is 5.56 Å². The highest BCUT2D eigenvalue weighted by Gasteiger charge is 2.23. The Balaban J connectivity index is 2.74. The van der Waals surface area contributed by atoms with E-state index in [1.807, 2.05) is 0 Å². The van der Waals surface area contributed by atoms with E-state index in [1.165, 1.54) is 19.1 Å². The van der Waals surface area contributed by atoms with E-state index in [0.29, 0.717) is 5.69 Å². The van der Waals surface area contributed by atoms with Gasteiger partial charge in [-0.1, -0.05) is 17.9 Å². The summed E-state index contributed by atoms with van der Waals surface area (Å²) in [6, 6.07) is 2.74. The van der Waals surface area contributed by atoms with Crippen LogP contribution in [0.4, 0.5) is 12.9 Å². The third-order valence-electron chi connectivity index (χ3n) is 1.74. The van der Waals surface area contributed by atoms with E-state index in [4.69, 9.17) is 5.11 Å². The van der Waals surface area contributed by atoms with Gasteiger partial charge in [0, 0.05) is 6.20 Å². The number of hydrogen-bond donors (Lipinski definition) is 1. The van der Waals surface area contributed by atoms with Crippen molar-refractivity contribution in [1.29, 1.82) is 0 Å². The first-order chi connectivity index (χ1) is 6.38. The Bertz CT molecular complexity index is 296. The van der Waals surface area contributed by atoms with Crippen molar-refractivity contribution in [2.75, 3.05) is 0 Å². The van der Waals surface area contributed by atoms with E-state index in [1.54, 1.807) is 0 Å². The molecule has 78 valence electrons. The van der Waals surface area contributed by atoms with Crippen molar-refractivity contribution < 1.29 is 18.1 Å². The maximum Gasteiger partial charge on any atom is 0.482 e. The second-order valence-corrected chi connectivity index (χ2v) is 3.18. The number of pyridine rings is 1. The minimum absolute atomic E-state index is 0.127. The highest BCUT2D eigenvalue weighted by atomic mass is 19.4. The van der Waals surface area contributed by atoms with Gasteiger partial charge < -0.3 is 18.1 Å². The first kappa shape index (κ1) is 11.0. The molecule has 0 radical (unpaired) electrons. The molecule has 0 fully saturated rings. The van der Waals surface area contributed by atoms with Crippen molar-refractivity contribution >= 4 is 6.98 Å². The van der Waals surface area contributed by atoms with Gasteiger partial charge in [0.1, 0.15) is 0 Å². The zero-order chi connectivity index (χ0) is 10.8. The molecular weight excluding hydrogens is 194 g/mol.